The molecule has 0 aliphatic heterocycles. The summed E-state index contributed by atoms with van der Waals surface area (Å²) in [5, 5.41) is 3.36. The average Bonchev–Trinajstić information content (AvgIpc) is 2.25. The minimum absolute atomic E-state index is 0.220. The molecule has 0 aliphatic rings. The van der Waals surface area contributed by atoms with Crippen LogP contribution in [0.1, 0.15) is 26.7 Å². The van der Waals surface area contributed by atoms with Gasteiger partial charge in [0.15, 0.2) is 0 Å². The zero-order valence-electron chi connectivity index (χ0n) is 9.74. The number of aromatic nitrogens is 2. The molecule has 0 bridgehead atoms. The van der Waals surface area contributed by atoms with E-state index in [1.165, 1.54) is 0 Å². The van der Waals surface area contributed by atoms with E-state index in [9.17, 15) is 0 Å². The van der Waals surface area contributed by atoms with Crippen LogP contribution >= 0.6 is 11.6 Å². The Morgan fingerprint density at radius 3 is 3.06 bits per heavy atom. The fourth-order valence-electron chi connectivity index (χ4n) is 1.24. The van der Waals surface area contributed by atoms with Gasteiger partial charge < -0.3 is 10.1 Å². The van der Waals surface area contributed by atoms with Crippen LogP contribution in [0.25, 0.3) is 0 Å². The van der Waals surface area contributed by atoms with Crippen molar-refractivity contribution in [2.75, 3.05) is 18.5 Å². The molecule has 1 aromatic rings. The molecule has 0 amide bonds. The third-order valence-electron chi connectivity index (χ3n) is 1.98. The molecule has 1 heterocycles. The van der Waals surface area contributed by atoms with Gasteiger partial charge in [0.25, 0.3) is 0 Å². The van der Waals surface area contributed by atoms with Crippen molar-refractivity contribution in [3.63, 3.8) is 0 Å². The second kappa shape index (κ2) is 7.28. The number of rotatable bonds is 7. The van der Waals surface area contributed by atoms with Crippen LogP contribution in [0.2, 0.25) is 0 Å². The van der Waals surface area contributed by atoms with Crippen LogP contribution in [0.3, 0.4) is 0 Å². The van der Waals surface area contributed by atoms with Crippen LogP contribution in [0, 0.1) is 0 Å². The molecule has 16 heavy (non-hydrogen) atoms. The summed E-state index contributed by atoms with van der Waals surface area (Å²) < 4.78 is 5.28. The van der Waals surface area contributed by atoms with Crippen molar-refractivity contribution in [1.29, 1.82) is 0 Å². The van der Waals surface area contributed by atoms with E-state index >= 15 is 0 Å². The van der Waals surface area contributed by atoms with E-state index in [1.54, 1.807) is 12.3 Å². The molecule has 0 saturated carbocycles. The Kier molecular flexibility index (Phi) is 5.93. The zero-order chi connectivity index (χ0) is 11.8. The highest BCUT2D eigenvalue weighted by molar-refractivity contribution is 6.20. The standard InChI is InChI=1S/C11H18ClN3O/c1-3-16-10-6-8-14-11(15-10)13-7-4-5-9(2)12/h6,8-9H,3-5,7H2,1-2H3,(H,13,14,15). The molecule has 90 valence electrons. The lowest BCUT2D eigenvalue weighted by Crippen LogP contribution is -2.07. The monoisotopic (exact) mass is 243 g/mol. The van der Waals surface area contributed by atoms with Crippen molar-refractivity contribution in [3.8, 4) is 5.88 Å². The predicted octanol–water partition coefficient (Wildman–Crippen LogP) is 2.69. The average molecular weight is 244 g/mol. The molecule has 0 aromatic carbocycles. The Balaban J connectivity index is 2.33. The first-order valence-corrected chi connectivity index (χ1v) is 5.99. The van der Waals surface area contributed by atoms with Crippen molar-refractivity contribution >= 4 is 17.5 Å². The summed E-state index contributed by atoms with van der Waals surface area (Å²) in [5.74, 6) is 1.21. The Morgan fingerprint density at radius 2 is 2.38 bits per heavy atom. The lowest BCUT2D eigenvalue weighted by atomic mass is 10.2. The number of nitrogens with one attached hydrogen (secondary N) is 1. The third kappa shape index (κ3) is 5.16. The molecule has 1 unspecified atom stereocenters. The van der Waals surface area contributed by atoms with E-state index in [2.05, 4.69) is 15.3 Å². The van der Waals surface area contributed by atoms with Crippen molar-refractivity contribution in [1.82, 2.24) is 9.97 Å². The fourth-order valence-corrected chi connectivity index (χ4v) is 1.39. The number of hydrogen-bond acceptors (Lipinski definition) is 4. The Morgan fingerprint density at radius 1 is 1.56 bits per heavy atom. The summed E-state index contributed by atoms with van der Waals surface area (Å²) in [6, 6.07) is 1.75. The van der Waals surface area contributed by atoms with Gasteiger partial charge in [0, 0.05) is 24.2 Å². The second-order valence-electron chi connectivity index (χ2n) is 3.50. The molecule has 1 N–H and O–H groups in total. The summed E-state index contributed by atoms with van der Waals surface area (Å²) in [6.07, 6.45) is 3.68. The summed E-state index contributed by atoms with van der Waals surface area (Å²) in [7, 11) is 0. The van der Waals surface area contributed by atoms with Gasteiger partial charge in [-0.05, 0) is 26.7 Å². The largest absolute Gasteiger partial charge is 0.478 e. The third-order valence-corrected chi connectivity index (χ3v) is 2.20. The fraction of sp³-hybridized carbons (Fsp3) is 0.636. The molecular formula is C11H18ClN3O. The van der Waals surface area contributed by atoms with Gasteiger partial charge in [0.2, 0.25) is 11.8 Å². The van der Waals surface area contributed by atoms with Gasteiger partial charge in [-0.25, -0.2) is 4.98 Å². The van der Waals surface area contributed by atoms with E-state index < -0.39 is 0 Å². The second-order valence-corrected chi connectivity index (χ2v) is 4.25. The van der Waals surface area contributed by atoms with Gasteiger partial charge in [-0.1, -0.05) is 0 Å². The van der Waals surface area contributed by atoms with E-state index in [0.29, 0.717) is 18.4 Å². The number of halogens is 1. The normalized spacial score (nSPS) is 12.2. The maximum atomic E-state index is 5.85. The molecule has 0 saturated heterocycles. The Bertz CT molecular complexity index is 307. The molecule has 0 fully saturated rings. The van der Waals surface area contributed by atoms with Crippen molar-refractivity contribution in [3.05, 3.63) is 12.3 Å². The molecule has 1 rings (SSSR count). The van der Waals surface area contributed by atoms with E-state index in [0.717, 1.165) is 19.4 Å². The SMILES string of the molecule is CCOc1ccnc(NCCCC(C)Cl)n1. The Hall–Kier alpha value is -1.03. The van der Waals surface area contributed by atoms with E-state index in [1.807, 2.05) is 13.8 Å². The van der Waals surface area contributed by atoms with E-state index in [-0.39, 0.29) is 5.38 Å². The molecular weight excluding hydrogens is 226 g/mol. The number of hydrogen-bond donors (Lipinski definition) is 1. The minimum Gasteiger partial charge on any atom is -0.478 e. The van der Waals surface area contributed by atoms with Gasteiger partial charge >= 0.3 is 0 Å². The molecule has 0 spiro atoms. The maximum Gasteiger partial charge on any atom is 0.225 e. The molecule has 4 nitrogen and oxygen atoms in total. The van der Waals surface area contributed by atoms with Crippen LogP contribution in [-0.2, 0) is 0 Å². The van der Waals surface area contributed by atoms with Crippen LogP contribution in [-0.4, -0.2) is 28.5 Å². The molecule has 5 heteroatoms. The number of anilines is 1. The zero-order valence-corrected chi connectivity index (χ0v) is 10.5. The lowest BCUT2D eigenvalue weighted by Gasteiger charge is -2.07. The summed E-state index contributed by atoms with van der Waals surface area (Å²) in [5.41, 5.74) is 0. The minimum atomic E-state index is 0.220. The topological polar surface area (TPSA) is 47.0 Å². The first-order valence-electron chi connectivity index (χ1n) is 5.56. The number of alkyl halides is 1. The van der Waals surface area contributed by atoms with Crippen LogP contribution < -0.4 is 10.1 Å². The van der Waals surface area contributed by atoms with Gasteiger partial charge in [0.1, 0.15) is 0 Å². The lowest BCUT2D eigenvalue weighted by molar-refractivity contribution is 0.326. The van der Waals surface area contributed by atoms with Crippen molar-refractivity contribution < 1.29 is 4.74 Å². The smallest absolute Gasteiger partial charge is 0.225 e. The summed E-state index contributed by atoms with van der Waals surface area (Å²) in [4.78, 5) is 8.30. The summed E-state index contributed by atoms with van der Waals surface area (Å²) >= 11 is 5.85. The van der Waals surface area contributed by atoms with E-state index in [4.69, 9.17) is 16.3 Å². The van der Waals surface area contributed by atoms with Crippen LogP contribution in [0.4, 0.5) is 5.95 Å². The number of nitrogens with zero attached hydrogens (tertiary/aromatic N) is 2. The molecule has 1 atom stereocenters. The van der Waals surface area contributed by atoms with Crippen molar-refractivity contribution in [2.24, 2.45) is 0 Å². The Labute approximate surface area is 101 Å². The first kappa shape index (κ1) is 13.0. The van der Waals surface area contributed by atoms with Crippen LogP contribution in [0.15, 0.2) is 12.3 Å². The summed E-state index contributed by atoms with van der Waals surface area (Å²) in [6.45, 7) is 5.36. The number of ether oxygens (including phenoxy) is 1. The maximum absolute atomic E-state index is 5.85. The van der Waals surface area contributed by atoms with Gasteiger partial charge in [0.05, 0.1) is 6.61 Å². The molecule has 1 aromatic heterocycles. The van der Waals surface area contributed by atoms with Gasteiger partial charge in [-0.2, -0.15) is 4.98 Å². The predicted molar refractivity (Wildman–Crippen MR) is 66.2 cm³/mol. The first-order chi connectivity index (χ1) is 7.72. The van der Waals surface area contributed by atoms with Crippen molar-refractivity contribution in [2.45, 2.75) is 32.1 Å². The van der Waals surface area contributed by atoms with Gasteiger partial charge in [-0.15, -0.1) is 11.6 Å². The van der Waals surface area contributed by atoms with Gasteiger partial charge in [-0.3, -0.25) is 0 Å². The highest BCUT2D eigenvalue weighted by atomic mass is 35.5. The van der Waals surface area contributed by atoms with Crippen LogP contribution in [0.5, 0.6) is 5.88 Å². The highest BCUT2D eigenvalue weighted by Crippen LogP contribution is 2.09. The molecule has 0 radical (unpaired) electrons. The quantitative estimate of drug-likeness (QED) is 0.591. The highest BCUT2D eigenvalue weighted by Gasteiger charge is 2.00. The molecule has 0 aliphatic carbocycles.